The molecule has 0 bridgehead atoms. The van der Waals surface area contributed by atoms with Gasteiger partial charge in [0.1, 0.15) is 16.0 Å². The molecule has 0 saturated heterocycles. The maximum atomic E-state index is 12.9. The summed E-state index contributed by atoms with van der Waals surface area (Å²) < 4.78 is 12.2. The van der Waals surface area contributed by atoms with Gasteiger partial charge in [-0.1, -0.05) is 29.5 Å². The summed E-state index contributed by atoms with van der Waals surface area (Å²) in [5.74, 6) is 0.177. The number of hydrogen-bond donors (Lipinski definition) is 1. The Bertz CT molecular complexity index is 1350. The topological polar surface area (TPSA) is 81.7 Å². The van der Waals surface area contributed by atoms with Crippen molar-refractivity contribution in [3.05, 3.63) is 68.8 Å². The lowest BCUT2D eigenvalue weighted by atomic mass is 10.1. The minimum atomic E-state index is -0.700. The monoisotopic (exact) mass is 395 g/mol. The van der Waals surface area contributed by atoms with Crippen LogP contribution in [0.25, 0.3) is 21.9 Å². The van der Waals surface area contributed by atoms with Crippen molar-refractivity contribution >= 4 is 33.6 Å². The molecule has 0 atom stereocenters. The van der Waals surface area contributed by atoms with Crippen LogP contribution in [0, 0.1) is 6.92 Å². The van der Waals surface area contributed by atoms with Crippen LogP contribution in [-0.4, -0.2) is 16.8 Å². The average molecular weight is 395 g/mol. The Morgan fingerprint density at radius 1 is 1.14 bits per heavy atom. The molecule has 0 unspecified atom stereocenters. The summed E-state index contributed by atoms with van der Waals surface area (Å²) in [6, 6.07) is 12.6. The summed E-state index contributed by atoms with van der Waals surface area (Å²) in [6.45, 7) is 1.93. The fourth-order valence-electron chi connectivity index (χ4n) is 3.18. The van der Waals surface area contributed by atoms with Crippen LogP contribution in [-0.2, 0) is 7.05 Å². The molecule has 1 N–H and O–H groups in total. The Morgan fingerprint density at radius 3 is 2.64 bits per heavy atom. The van der Waals surface area contributed by atoms with Crippen LogP contribution in [0.15, 0.2) is 66.3 Å². The highest BCUT2D eigenvalue weighted by atomic mass is 32.2. The third-order valence-corrected chi connectivity index (χ3v) is 5.65. The number of pyridine rings is 1. The molecule has 0 fully saturated rings. The van der Waals surface area contributed by atoms with Crippen molar-refractivity contribution < 1.29 is 14.3 Å². The molecule has 2 heterocycles. The zero-order chi connectivity index (χ0) is 20.0. The van der Waals surface area contributed by atoms with E-state index >= 15 is 0 Å². The Kier molecular flexibility index (Phi) is 4.39. The van der Waals surface area contributed by atoms with Gasteiger partial charge in [0, 0.05) is 17.3 Å². The number of rotatable bonds is 3. The van der Waals surface area contributed by atoms with Gasteiger partial charge in [-0.3, -0.25) is 4.79 Å². The van der Waals surface area contributed by atoms with Crippen molar-refractivity contribution in [3.63, 3.8) is 0 Å². The van der Waals surface area contributed by atoms with Gasteiger partial charge in [0.05, 0.1) is 12.6 Å². The second kappa shape index (κ2) is 6.76. The molecule has 0 aliphatic carbocycles. The number of fused-ring (bicyclic) bond motifs is 3. The highest BCUT2D eigenvalue weighted by Gasteiger charge is 2.21. The molecule has 0 aliphatic heterocycles. The minimum absolute atomic E-state index is 0.0163. The lowest BCUT2D eigenvalue weighted by Gasteiger charge is -2.12. The van der Waals surface area contributed by atoms with Crippen LogP contribution in [0.4, 0.5) is 0 Å². The number of aryl methyl sites for hydroxylation is 2. The maximum absolute atomic E-state index is 12.9. The first-order valence-electron chi connectivity index (χ1n) is 8.51. The van der Waals surface area contributed by atoms with Gasteiger partial charge in [-0.05, 0) is 37.3 Å². The molecule has 4 aromatic rings. The van der Waals surface area contributed by atoms with Crippen LogP contribution in [0.2, 0.25) is 0 Å². The van der Waals surface area contributed by atoms with Crippen LogP contribution in [0.1, 0.15) is 5.56 Å². The van der Waals surface area contributed by atoms with Crippen LogP contribution >= 0.6 is 11.8 Å². The van der Waals surface area contributed by atoms with Gasteiger partial charge in [-0.2, -0.15) is 0 Å². The van der Waals surface area contributed by atoms with Crippen LogP contribution in [0.5, 0.6) is 11.5 Å². The molecular formula is C21H17NO5S. The first kappa shape index (κ1) is 18.2. The van der Waals surface area contributed by atoms with Crippen molar-refractivity contribution in [3.8, 4) is 11.5 Å². The molecule has 0 radical (unpaired) electrons. The van der Waals surface area contributed by atoms with Crippen molar-refractivity contribution in [1.82, 2.24) is 4.57 Å². The molecule has 6 nitrogen and oxygen atoms in total. The number of nitrogens with zero attached hydrogens (tertiary/aromatic N) is 1. The second-order valence-corrected chi connectivity index (χ2v) is 7.52. The molecular weight excluding hydrogens is 378 g/mol. The van der Waals surface area contributed by atoms with Gasteiger partial charge < -0.3 is 18.8 Å². The van der Waals surface area contributed by atoms with Crippen molar-refractivity contribution in [2.24, 2.45) is 7.05 Å². The summed E-state index contributed by atoms with van der Waals surface area (Å²) >= 11 is 1.07. The molecule has 28 heavy (non-hydrogen) atoms. The van der Waals surface area contributed by atoms with E-state index in [0.29, 0.717) is 16.7 Å². The number of aromatic nitrogens is 1. The van der Waals surface area contributed by atoms with Gasteiger partial charge in [0.25, 0.3) is 5.56 Å². The smallest absolute Gasteiger partial charge is 0.354 e. The highest BCUT2D eigenvalue weighted by Crippen LogP contribution is 2.37. The van der Waals surface area contributed by atoms with Crippen LogP contribution in [0.3, 0.4) is 0 Å². The molecule has 0 amide bonds. The summed E-state index contributed by atoms with van der Waals surface area (Å²) in [4.78, 5) is 26.3. The fourth-order valence-corrected chi connectivity index (χ4v) is 4.13. The van der Waals surface area contributed by atoms with Gasteiger partial charge in [0.2, 0.25) is 0 Å². The quantitative estimate of drug-likeness (QED) is 0.531. The second-order valence-electron chi connectivity index (χ2n) is 6.44. The Labute approximate surface area is 164 Å². The molecule has 142 valence electrons. The number of aromatic hydroxyl groups is 1. The Balaban J connectivity index is 2.06. The van der Waals surface area contributed by atoms with Crippen molar-refractivity contribution in [2.45, 2.75) is 16.7 Å². The summed E-state index contributed by atoms with van der Waals surface area (Å²) in [7, 11) is 3.13. The zero-order valence-corrected chi connectivity index (χ0v) is 16.3. The predicted octanol–water partition coefficient (Wildman–Crippen LogP) is 3.82. The Hall–Kier alpha value is -3.19. The molecule has 7 heteroatoms. The van der Waals surface area contributed by atoms with Gasteiger partial charge in [-0.15, -0.1) is 0 Å². The van der Waals surface area contributed by atoms with Crippen LogP contribution < -0.4 is 15.9 Å². The third-order valence-electron chi connectivity index (χ3n) is 4.60. The first-order valence-corrected chi connectivity index (χ1v) is 9.33. The fraction of sp³-hybridized carbons (Fsp3) is 0.143. The third kappa shape index (κ3) is 2.84. The lowest BCUT2D eigenvalue weighted by molar-refractivity contribution is 0.415. The summed E-state index contributed by atoms with van der Waals surface area (Å²) in [5.41, 5.74) is 0.491. The molecule has 0 saturated carbocycles. The van der Waals surface area contributed by atoms with E-state index in [-0.39, 0.29) is 21.6 Å². The first-order chi connectivity index (χ1) is 13.4. The van der Waals surface area contributed by atoms with E-state index < -0.39 is 11.2 Å². The van der Waals surface area contributed by atoms with E-state index in [0.717, 1.165) is 22.2 Å². The highest BCUT2D eigenvalue weighted by molar-refractivity contribution is 7.99. The number of benzene rings is 2. The SMILES string of the molecule is COc1ccc2c(c1)c1oc(=O)c(Sc3cccc(C)c3)c(O)c1c(=O)n2C. The standard InChI is InChI=1S/C21H17NO5S/c1-11-5-4-6-13(9-11)28-19-17(23)16-18(27-21(19)25)14-10-12(26-3)7-8-15(14)22(2)20(16)24/h4-10,23H,1-3H3. The van der Waals surface area contributed by atoms with Crippen molar-refractivity contribution in [2.75, 3.05) is 7.11 Å². The van der Waals surface area contributed by atoms with E-state index in [4.69, 9.17) is 9.15 Å². The van der Waals surface area contributed by atoms with Gasteiger partial charge in [0.15, 0.2) is 11.3 Å². The average Bonchev–Trinajstić information content (AvgIpc) is 2.68. The van der Waals surface area contributed by atoms with E-state index in [1.54, 1.807) is 25.2 Å². The van der Waals surface area contributed by atoms with Crippen molar-refractivity contribution in [1.29, 1.82) is 0 Å². The Morgan fingerprint density at radius 2 is 1.93 bits per heavy atom. The van der Waals surface area contributed by atoms with E-state index in [9.17, 15) is 14.7 Å². The molecule has 0 aliphatic rings. The van der Waals surface area contributed by atoms with Gasteiger partial charge >= 0.3 is 5.63 Å². The van der Waals surface area contributed by atoms with E-state index in [2.05, 4.69) is 0 Å². The minimum Gasteiger partial charge on any atom is -0.505 e. The molecule has 2 aromatic carbocycles. The van der Waals surface area contributed by atoms with E-state index in [1.807, 2.05) is 31.2 Å². The van der Waals surface area contributed by atoms with Gasteiger partial charge in [-0.25, -0.2) is 4.79 Å². The largest absolute Gasteiger partial charge is 0.505 e. The summed E-state index contributed by atoms with van der Waals surface area (Å²) in [6.07, 6.45) is 0. The normalized spacial score (nSPS) is 11.2. The predicted molar refractivity (Wildman–Crippen MR) is 109 cm³/mol. The number of hydrogen-bond acceptors (Lipinski definition) is 6. The maximum Gasteiger partial charge on any atom is 0.354 e. The summed E-state index contributed by atoms with van der Waals surface area (Å²) in [5, 5.41) is 11.3. The zero-order valence-electron chi connectivity index (χ0n) is 15.5. The molecule has 0 spiro atoms. The molecule has 4 rings (SSSR count). The van der Waals surface area contributed by atoms with E-state index in [1.165, 1.54) is 11.7 Å². The number of ether oxygens (including phenoxy) is 1. The molecule has 2 aromatic heterocycles. The number of methoxy groups -OCH3 is 1. The lowest BCUT2D eigenvalue weighted by Crippen LogP contribution is -2.19.